The Morgan fingerprint density at radius 2 is 2.19 bits per heavy atom. The van der Waals surface area contributed by atoms with E-state index >= 15 is 0 Å². The Bertz CT molecular complexity index is 608. The molecule has 2 fully saturated rings. The van der Waals surface area contributed by atoms with Crippen molar-refractivity contribution in [1.29, 1.82) is 0 Å². The summed E-state index contributed by atoms with van der Waals surface area (Å²) in [6.07, 6.45) is 5.44. The summed E-state index contributed by atoms with van der Waals surface area (Å²) in [6, 6.07) is 7.03. The lowest BCUT2D eigenvalue weighted by Crippen LogP contribution is -2.47. The van der Waals surface area contributed by atoms with Crippen molar-refractivity contribution in [2.75, 3.05) is 13.2 Å². The maximum Gasteiger partial charge on any atom is 0.240 e. The van der Waals surface area contributed by atoms with Gasteiger partial charge in [0.25, 0.3) is 0 Å². The first-order valence-electron chi connectivity index (χ1n) is 7.69. The van der Waals surface area contributed by atoms with Gasteiger partial charge < -0.3 is 4.74 Å². The van der Waals surface area contributed by atoms with Crippen molar-refractivity contribution in [3.63, 3.8) is 0 Å². The minimum atomic E-state index is -3.40. The van der Waals surface area contributed by atoms with Crippen LogP contribution in [-0.2, 0) is 14.8 Å². The maximum atomic E-state index is 12.3. The molecule has 116 valence electrons. The average Bonchev–Trinajstić information content (AvgIpc) is 2.44. The van der Waals surface area contributed by atoms with E-state index in [4.69, 9.17) is 4.74 Å². The van der Waals surface area contributed by atoms with Gasteiger partial charge in [-0.05, 0) is 62.6 Å². The molecule has 1 aromatic rings. The minimum absolute atomic E-state index is 0.0672. The topological polar surface area (TPSA) is 55.4 Å². The number of aryl methyl sites for hydroxylation is 1. The number of sulfonamides is 1. The highest BCUT2D eigenvalue weighted by molar-refractivity contribution is 7.89. The van der Waals surface area contributed by atoms with Crippen LogP contribution < -0.4 is 4.72 Å². The predicted octanol–water partition coefficient (Wildman–Crippen LogP) is 2.62. The lowest BCUT2D eigenvalue weighted by atomic mass is 9.72. The molecule has 21 heavy (non-hydrogen) atoms. The summed E-state index contributed by atoms with van der Waals surface area (Å²) >= 11 is 0. The van der Waals surface area contributed by atoms with Gasteiger partial charge in [0.2, 0.25) is 10.0 Å². The van der Waals surface area contributed by atoms with Crippen LogP contribution in [0.3, 0.4) is 0 Å². The fourth-order valence-electron chi connectivity index (χ4n) is 3.32. The molecule has 5 heteroatoms. The van der Waals surface area contributed by atoms with E-state index in [9.17, 15) is 8.42 Å². The molecule has 0 amide bonds. The summed E-state index contributed by atoms with van der Waals surface area (Å²) in [5.74, 6) is 0.388. The van der Waals surface area contributed by atoms with Crippen LogP contribution in [0.1, 0.15) is 37.7 Å². The van der Waals surface area contributed by atoms with Gasteiger partial charge in [-0.15, -0.1) is 0 Å². The molecule has 0 radical (unpaired) electrons. The molecule has 1 aromatic carbocycles. The van der Waals surface area contributed by atoms with Crippen LogP contribution in [0.25, 0.3) is 0 Å². The Kier molecular flexibility index (Phi) is 4.08. The van der Waals surface area contributed by atoms with Gasteiger partial charge >= 0.3 is 0 Å². The number of hydrogen-bond acceptors (Lipinski definition) is 3. The smallest absolute Gasteiger partial charge is 0.240 e. The SMILES string of the molecule is Cc1cccc(S(=O)(=O)NCC2CCOC3(CCC3)C2)c1. The van der Waals surface area contributed by atoms with Gasteiger partial charge in [-0.2, -0.15) is 0 Å². The van der Waals surface area contributed by atoms with Crippen molar-refractivity contribution in [2.45, 2.75) is 49.5 Å². The van der Waals surface area contributed by atoms with Gasteiger partial charge in [-0.1, -0.05) is 12.1 Å². The van der Waals surface area contributed by atoms with Crippen LogP contribution in [-0.4, -0.2) is 27.2 Å². The van der Waals surface area contributed by atoms with Crippen LogP contribution in [0.15, 0.2) is 29.2 Å². The molecule has 3 rings (SSSR count). The van der Waals surface area contributed by atoms with Crippen LogP contribution in [0.5, 0.6) is 0 Å². The number of hydrogen-bond donors (Lipinski definition) is 1. The predicted molar refractivity (Wildman–Crippen MR) is 81.6 cm³/mol. The van der Waals surface area contributed by atoms with Gasteiger partial charge in [0.15, 0.2) is 0 Å². The summed E-state index contributed by atoms with van der Waals surface area (Å²) in [5, 5.41) is 0. The van der Waals surface area contributed by atoms with E-state index < -0.39 is 10.0 Å². The summed E-state index contributed by atoms with van der Waals surface area (Å²) in [4.78, 5) is 0.355. The molecule has 1 saturated heterocycles. The lowest BCUT2D eigenvalue weighted by molar-refractivity contribution is -0.142. The molecular weight excluding hydrogens is 286 g/mol. The van der Waals surface area contributed by atoms with E-state index in [1.165, 1.54) is 6.42 Å². The Labute approximate surface area is 126 Å². The minimum Gasteiger partial charge on any atom is -0.375 e. The molecule has 1 aliphatic carbocycles. The number of benzene rings is 1. The van der Waals surface area contributed by atoms with Gasteiger partial charge in [-0.25, -0.2) is 13.1 Å². The second kappa shape index (κ2) is 5.71. The fourth-order valence-corrected chi connectivity index (χ4v) is 4.54. The van der Waals surface area contributed by atoms with Gasteiger partial charge in [0.1, 0.15) is 0 Å². The van der Waals surface area contributed by atoms with Crippen LogP contribution in [0.4, 0.5) is 0 Å². The third-order valence-electron chi connectivity index (χ3n) is 4.72. The maximum absolute atomic E-state index is 12.3. The largest absolute Gasteiger partial charge is 0.375 e. The summed E-state index contributed by atoms with van der Waals surface area (Å²) in [7, 11) is -3.40. The third kappa shape index (κ3) is 3.30. The van der Waals surface area contributed by atoms with Crippen LogP contribution >= 0.6 is 0 Å². The second-order valence-corrected chi connectivity index (χ2v) is 8.18. The normalized spacial score (nSPS) is 24.7. The van der Waals surface area contributed by atoms with Crippen LogP contribution in [0.2, 0.25) is 0 Å². The van der Waals surface area contributed by atoms with Crippen molar-refractivity contribution in [3.05, 3.63) is 29.8 Å². The van der Waals surface area contributed by atoms with Crippen molar-refractivity contribution in [1.82, 2.24) is 4.72 Å². The number of nitrogens with one attached hydrogen (secondary N) is 1. The summed E-state index contributed by atoms with van der Waals surface area (Å²) < 4.78 is 33.3. The molecule has 2 aliphatic rings. The third-order valence-corrected chi connectivity index (χ3v) is 6.14. The van der Waals surface area contributed by atoms with Crippen LogP contribution in [0, 0.1) is 12.8 Å². The Morgan fingerprint density at radius 1 is 1.38 bits per heavy atom. The van der Waals surface area contributed by atoms with Gasteiger partial charge in [0.05, 0.1) is 10.5 Å². The Morgan fingerprint density at radius 3 is 2.86 bits per heavy atom. The molecule has 1 saturated carbocycles. The molecule has 1 spiro atoms. The first-order chi connectivity index (χ1) is 9.99. The monoisotopic (exact) mass is 309 g/mol. The first kappa shape index (κ1) is 15.0. The zero-order chi connectivity index (χ0) is 14.9. The zero-order valence-electron chi connectivity index (χ0n) is 12.5. The van der Waals surface area contributed by atoms with E-state index in [-0.39, 0.29) is 5.60 Å². The number of rotatable bonds is 4. The van der Waals surface area contributed by atoms with Crippen molar-refractivity contribution >= 4 is 10.0 Å². The summed E-state index contributed by atoms with van der Waals surface area (Å²) in [6.45, 7) is 3.18. The van der Waals surface area contributed by atoms with E-state index in [0.717, 1.165) is 37.9 Å². The molecular formula is C16H23NO3S. The van der Waals surface area contributed by atoms with Crippen molar-refractivity contribution < 1.29 is 13.2 Å². The average molecular weight is 309 g/mol. The van der Waals surface area contributed by atoms with Gasteiger partial charge in [0, 0.05) is 13.2 Å². The number of ether oxygens (including phenoxy) is 1. The molecule has 1 aliphatic heterocycles. The highest BCUT2D eigenvalue weighted by Gasteiger charge is 2.42. The fraction of sp³-hybridized carbons (Fsp3) is 0.625. The highest BCUT2D eigenvalue weighted by atomic mass is 32.2. The molecule has 1 atom stereocenters. The second-order valence-electron chi connectivity index (χ2n) is 6.41. The lowest BCUT2D eigenvalue weighted by Gasteiger charge is -2.47. The van der Waals surface area contributed by atoms with E-state index in [1.807, 2.05) is 13.0 Å². The quantitative estimate of drug-likeness (QED) is 0.930. The molecule has 0 bridgehead atoms. The zero-order valence-corrected chi connectivity index (χ0v) is 13.3. The van der Waals surface area contributed by atoms with Crippen molar-refractivity contribution in [2.24, 2.45) is 5.92 Å². The Hall–Kier alpha value is -0.910. The van der Waals surface area contributed by atoms with E-state index in [1.54, 1.807) is 18.2 Å². The highest BCUT2D eigenvalue weighted by Crippen LogP contribution is 2.44. The van der Waals surface area contributed by atoms with E-state index in [0.29, 0.717) is 17.4 Å². The molecule has 0 aromatic heterocycles. The standard InChI is InChI=1S/C16H23NO3S/c1-13-4-2-5-15(10-13)21(18,19)17-12-14-6-9-20-16(11-14)7-3-8-16/h2,4-5,10,14,17H,3,6-9,11-12H2,1H3. The molecule has 1 unspecified atom stereocenters. The Balaban J connectivity index is 1.61. The summed E-state index contributed by atoms with van der Waals surface area (Å²) in [5.41, 5.74) is 1.02. The van der Waals surface area contributed by atoms with Crippen molar-refractivity contribution in [3.8, 4) is 0 Å². The molecule has 4 nitrogen and oxygen atoms in total. The molecule has 1 heterocycles. The van der Waals surface area contributed by atoms with E-state index in [2.05, 4.69) is 4.72 Å². The van der Waals surface area contributed by atoms with Gasteiger partial charge in [-0.3, -0.25) is 0 Å². The first-order valence-corrected chi connectivity index (χ1v) is 9.18. The molecule has 1 N–H and O–H groups in total.